The summed E-state index contributed by atoms with van der Waals surface area (Å²) >= 11 is 0. The van der Waals surface area contributed by atoms with Crippen LogP contribution in [0.2, 0.25) is 0 Å². The molecule has 0 aliphatic rings. The van der Waals surface area contributed by atoms with Gasteiger partial charge in [-0.05, 0) is 29.7 Å². The predicted octanol–water partition coefficient (Wildman–Crippen LogP) is 4.59. The van der Waals surface area contributed by atoms with Crippen LogP contribution in [0.15, 0.2) is 78.9 Å². The van der Waals surface area contributed by atoms with Gasteiger partial charge in [-0.3, -0.25) is 14.9 Å². The minimum atomic E-state index is -0.497. The van der Waals surface area contributed by atoms with E-state index < -0.39 is 4.92 Å². The van der Waals surface area contributed by atoms with Crippen molar-refractivity contribution in [3.8, 4) is 0 Å². The molecule has 0 aliphatic carbocycles. The molecule has 0 spiro atoms. The lowest BCUT2D eigenvalue weighted by atomic mass is 9.88. The summed E-state index contributed by atoms with van der Waals surface area (Å²) < 4.78 is 0. The topological polar surface area (TPSA) is 84.3 Å². The molecule has 0 atom stereocenters. The number of carbonyl (C=O) groups is 1. The highest BCUT2D eigenvalue weighted by molar-refractivity contribution is 5.95. The summed E-state index contributed by atoms with van der Waals surface area (Å²) in [5.74, 6) is -0.172. The summed E-state index contributed by atoms with van der Waals surface area (Å²) in [5, 5.41) is 16.9. The van der Waals surface area contributed by atoms with Crippen molar-refractivity contribution in [2.45, 2.75) is 12.3 Å². The average Bonchev–Trinajstić information content (AvgIpc) is 2.77. The Morgan fingerprint density at radius 1 is 0.966 bits per heavy atom. The fourth-order valence-electron chi connectivity index (χ4n) is 3.36. The van der Waals surface area contributed by atoms with Crippen LogP contribution in [-0.2, 0) is 0 Å². The molecule has 0 aliphatic heterocycles. The Hall–Kier alpha value is -3.67. The summed E-state index contributed by atoms with van der Waals surface area (Å²) in [6.07, 6.45) is 0.719. The molecule has 6 nitrogen and oxygen atoms in total. The van der Waals surface area contributed by atoms with Crippen molar-refractivity contribution in [3.63, 3.8) is 0 Å². The van der Waals surface area contributed by atoms with Gasteiger partial charge in [0.1, 0.15) is 5.69 Å². The van der Waals surface area contributed by atoms with Crippen molar-refractivity contribution < 1.29 is 9.72 Å². The van der Waals surface area contributed by atoms with Gasteiger partial charge in [-0.2, -0.15) is 0 Å². The van der Waals surface area contributed by atoms with Crippen LogP contribution in [-0.4, -0.2) is 24.4 Å². The van der Waals surface area contributed by atoms with Crippen LogP contribution in [0, 0.1) is 10.1 Å². The Morgan fingerprint density at radius 2 is 1.55 bits per heavy atom. The van der Waals surface area contributed by atoms with Gasteiger partial charge in [0.05, 0.1) is 4.92 Å². The van der Waals surface area contributed by atoms with E-state index >= 15 is 0 Å². The normalized spacial score (nSPS) is 10.6. The summed E-state index contributed by atoms with van der Waals surface area (Å²) in [6.45, 7) is 0.453. The van der Waals surface area contributed by atoms with Crippen molar-refractivity contribution >= 4 is 17.3 Å². The smallest absolute Gasteiger partial charge is 0.293 e. The molecule has 0 unspecified atom stereocenters. The second-order valence-corrected chi connectivity index (χ2v) is 6.66. The predicted molar refractivity (Wildman–Crippen MR) is 114 cm³/mol. The van der Waals surface area contributed by atoms with Crippen LogP contribution in [0.4, 0.5) is 11.4 Å². The van der Waals surface area contributed by atoms with Crippen molar-refractivity contribution in [2.75, 3.05) is 18.9 Å². The average molecular weight is 389 g/mol. The highest BCUT2D eigenvalue weighted by Crippen LogP contribution is 2.28. The molecule has 0 radical (unpaired) electrons. The molecule has 6 heteroatoms. The Labute approximate surface area is 169 Å². The number of amides is 1. The van der Waals surface area contributed by atoms with Gasteiger partial charge in [0, 0.05) is 31.1 Å². The number of benzene rings is 3. The molecule has 0 fully saturated rings. The molecule has 0 heterocycles. The first-order valence-electron chi connectivity index (χ1n) is 9.44. The van der Waals surface area contributed by atoms with Gasteiger partial charge in [0.2, 0.25) is 0 Å². The van der Waals surface area contributed by atoms with Crippen molar-refractivity contribution in [2.24, 2.45) is 0 Å². The van der Waals surface area contributed by atoms with Gasteiger partial charge in [0.25, 0.3) is 11.6 Å². The molecule has 3 aromatic carbocycles. The maximum absolute atomic E-state index is 12.5. The van der Waals surface area contributed by atoms with Crippen LogP contribution in [0.25, 0.3) is 0 Å². The summed E-state index contributed by atoms with van der Waals surface area (Å²) in [5.41, 5.74) is 2.89. The van der Waals surface area contributed by atoms with Crippen LogP contribution in [0.1, 0.15) is 33.8 Å². The molecule has 148 valence electrons. The van der Waals surface area contributed by atoms with Crippen molar-refractivity contribution in [3.05, 3.63) is 106 Å². The molecule has 3 aromatic rings. The SMILES string of the molecule is CNc1ccc(C(=O)NCCC(c2ccccc2)c2ccccc2)cc1[N+](=O)[O-]. The molecule has 0 bridgehead atoms. The van der Waals surface area contributed by atoms with Gasteiger partial charge in [-0.15, -0.1) is 0 Å². The zero-order valence-electron chi connectivity index (χ0n) is 16.2. The van der Waals surface area contributed by atoms with Crippen LogP contribution < -0.4 is 10.6 Å². The maximum Gasteiger partial charge on any atom is 0.293 e. The highest BCUT2D eigenvalue weighted by atomic mass is 16.6. The van der Waals surface area contributed by atoms with Gasteiger partial charge in [0.15, 0.2) is 0 Å². The third kappa shape index (κ3) is 4.99. The zero-order valence-corrected chi connectivity index (χ0v) is 16.2. The number of nitrogens with one attached hydrogen (secondary N) is 2. The third-order valence-corrected chi connectivity index (χ3v) is 4.85. The van der Waals surface area contributed by atoms with Crippen LogP contribution >= 0.6 is 0 Å². The standard InChI is InChI=1S/C23H23N3O3/c1-24-21-13-12-19(16-22(21)26(28)29)23(27)25-15-14-20(17-8-4-2-5-9-17)18-10-6-3-7-11-18/h2-13,16,20,24H,14-15H2,1H3,(H,25,27). The Bertz CT molecular complexity index is 936. The second-order valence-electron chi connectivity index (χ2n) is 6.66. The van der Waals surface area contributed by atoms with E-state index in [4.69, 9.17) is 0 Å². The first-order valence-corrected chi connectivity index (χ1v) is 9.44. The molecule has 0 saturated heterocycles. The Morgan fingerprint density at radius 3 is 2.07 bits per heavy atom. The monoisotopic (exact) mass is 389 g/mol. The minimum absolute atomic E-state index is 0.119. The first kappa shape index (κ1) is 20.1. The van der Waals surface area contributed by atoms with Gasteiger partial charge < -0.3 is 10.6 Å². The number of hydrogen-bond donors (Lipinski definition) is 2. The van der Waals surface area contributed by atoms with E-state index in [-0.39, 0.29) is 23.1 Å². The molecule has 3 rings (SSSR count). The van der Waals surface area contributed by atoms with E-state index in [2.05, 4.69) is 34.9 Å². The first-order chi connectivity index (χ1) is 14.1. The molecule has 0 saturated carbocycles. The van der Waals surface area contributed by atoms with Crippen molar-refractivity contribution in [1.82, 2.24) is 5.32 Å². The molecular formula is C23H23N3O3. The molecule has 1 amide bonds. The van der Waals surface area contributed by atoms with Gasteiger partial charge >= 0.3 is 0 Å². The molecule has 2 N–H and O–H groups in total. The maximum atomic E-state index is 12.5. The third-order valence-electron chi connectivity index (χ3n) is 4.85. The van der Waals surface area contributed by atoms with E-state index in [1.807, 2.05) is 36.4 Å². The van der Waals surface area contributed by atoms with Crippen molar-refractivity contribution in [1.29, 1.82) is 0 Å². The van der Waals surface area contributed by atoms with E-state index in [0.29, 0.717) is 12.2 Å². The van der Waals surface area contributed by atoms with E-state index in [1.54, 1.807) is 19.2 Å². The number of rotatable bonds is 8. The fourth-order valence-corrected chi connectivity index (χ4v) is 3.36. The fraction of sp³-hybridized carbons (Fsp3) is 0.174. The van der Waals surface area contributed by atoms with E-state index in [1.165, 1.54) is 17.2 Å². The van der Waals surface area contributed by atoms with Gasteiger partial charge in [-0.1, -0.05) is 60.7 Å². The number of anilines is 1. The lowest BCUT2D eigenvalue weighted by Gasteiger charge is -2.18. The molecule has 29 heavy (non-hydrogen) atoms. The Balaban J connectivity index is 1.71. The van der Waals surface area contributed by atoms with Crippen LogP contribution in [0.3, 0.4) is 0 Å². The van der Waals surface area contributed by atoms with Gasteiger partial charge in [-0.25, -0.2) is 0 Å². The number of nitro groups is 1. The number of hydrogen-bond acceptors (Lipinski definition) is 4. The summed E-state index contributed by atoms with van der Waals surface area (Å²) in [4.78, 5) is 23.2. The number of carbonyl (C=O) groups excluding carboxylic acids is 1. The minimum Gasteiger partial charge on any atom is -0.383 e. The largest absolute Gasteiger partial charge is 0.383 e. The number of nitrogens with zero attached hydrogens (tertiary/aromatic N) is 1. The van der Waals surface area contributed by atoms with Crippen LogP contribution in [0.5, 0.6) is 0 Å². The van der Waals surface area contributed by atoms with E-state index in [9.17, 15) is 14.9 Å². The summed E-state index contributed by atoms with van der Waals surface area (Å²) in [7, 11) is 1.61. The summed E-state index contributed by atoms with van der Waals surface area (Å²) in [6, 6.07) is 24.7. The lowest BCUT2D eigenvalue weighted by molar-refractivity contribution is -0.384. The lowest BCUT2D eigenvalue weighted by Crippen LogP contribution is -2.26. The Kier molecular flexibility index (Phi) is 6.58. The number of nitro benzene ring substituents is 1. The zero-order chi connectivity index (χ0) is 20.6. The highest BCUT2D eigenvalue weighted by Gasteiger charge is 2.18. The quantitative estimate of drug-likeness (QED) is 0.436. The molecular weight excluding hydrogens is 366 g/mol. The van der Waals surface area contributed by atoms with E-state index in [0.717, 1.165) is 6.42 Å². The second kappa shape index (κ2) is 9.50. The molecule has 0 aromatic heterocycles.